The van der Waals surface area contributed by atoms with E-state index in [1.165, 1.54) is 171 Å². The molecule has 1 nitrogen and oxygen atoms in total. The van der Waals surface area contributed by atoms with Crippen molar-refractivity contribution >= 4 is 56.4 Å². The number of unbranched alkanes of at least 4 members (excludes halogenated alkanes) is 24. The molecule has 0 saturated carbocycles. The molecule has 5 heteroatoms. The summed E-state index contributed by atoms with van der Waals surface area (Å²) in [5.74, 6) is 1.01. The minimum Gasteiger partial charge on any atom is -0.329 e. The molecule has 2 N–H and O–H groups in total. The number of rotatable bonds is 32. The third-order valence-electron chi connectivity index (χ3n) is 7.96. The lowest BCUT2D eigenvalue weighted by Crippen LogP contribution is -2.21. The highest BCUT2D eigenvalue weighted by Crippen LogP contribution is 2.24. The van der Waals surface area contributed by atoms with E-state index in [-0.39, 0.29) is 0 Å². The Bertz CT molecular complexity index is 539. The van der Waals surface area contributed by atoms with Crippen molar-refractivity contribution in [2.45, 2.75) is 199 Å². The first-order valence-corrected chi connectivity index (χ1v) is 20.4. The van der Waals surface area contributed by atoms with Gasteiger partial charge in [-0.3, -0.25) is 0 Å². The van der Waals surface area contributed by atoms with Crippen LogP contribution in [-0.2, 0) is 0 Å². The molecule has 0 amide bonds. The van der Waals surface area contributed by atoms with Gasteiger partial charge in [-0.05, 0) is 25.7 Å². The van der Waals surface area contributed by atoms with Crippen LogP contribution in [0.1, 0.15) is 194 Å². The highest BCUT2D eigenvalue weighted by molar-refractivity contribution is 8.26. The largest absolute Gasteiger partial charge is 0.329 e. The van der Waals surface area contributed by atoms with Gasteiger partial charge in [0.2, 0.25) is 0 Å². The summed E-state index contributed by atoms with van der Waals surface area (Å²) in [5, 5.41) is 0.407. The summed E-state index contributed by atoms with van der Waals surface area (Å²) in [4.78, 5) is 0. The molecule has 0 radical (unpaired) electrons. The standard InChI is InChI=1S/C35H69NS4/c1-3-5-7-9-11-13-15-17-19-21-23-25-27-29-34(37)39-32-33(31-36)40-35(38)30-28-26-24-22-20-18-16-14-12-10-8-6-4-2/h33H,3-32,36H2,1-2H3. The zero-order valence-electron chi connectivity index (χ0n) is 27.0. The van der Waals surface area contributed by atoms with Gasteiger partial charge in [0.25, 0.3) is 0 Å². The molecule has 0 saturated heterocycles. The fourth-order valence-electron chi connectivity index (χ4n) is 5.23. The predicted octanol–water partition coefficient (Wildman–Crippen LogP) is 13.4. The van der Waals surface area contributed by atoms with Gasteiger partial charge in [0, 0.05) is 25.9 Å². The molecular weight excluding hydrogens is 563 g/mol. The topological polar surface area (TPSA) is 26.0 Å². The van der Waals surface area contributed by atoms with Gasteiger partial charge in [0.1, 0.15) is 0 Å². The zero-order valence-corrected chi connectivity index (χ0v) is 30.3. The van der Waals surface area contributed by atoms with Crippen molar-refractivity contribution in [1.82, 2.24) is 0 Å². The van der Waals surface area contributed by atoms with Crippen LogP contribution in [0.3, 0.4) is 0 Å². The monoisotopic (exact) mass is 631 g/mol. The van der Waals surface area contributed by atoms with E-state index >= 15 is 0 Å². The second-order valence-electron chi connectivity index (χ2n) is 12.0. The van der Waals surface area contributed by atoms with E-state index in [0.29, 0.717) is 11.8 Å². The molecular formula is C35H69NS4. The average Bonchev–Trinajstić information content (AvgIpc) is 2.96. The lowest BCUT2D eigenvalue weighted by Gasteiger charge is -2.15. The molecule has 0 rings (SSSR count). The molecule has 0 fully saturated rings. The lowest BCUT2D eigenvalue weighted by molar-refractivity contribution is 0.541. The normalized spacial score (nSPS) is 12.2. The Morgan fingerprint density at radius 1 is 0.475 bits per heavy atom. The molecule has 0 heterocycles. The van der Waals surface area contributed by atoms with Crippen molar-refractivity contribution in [3.8, 4) is 0 Å². The highest BCUT2D eigenvalue weighted by atomic mass is 32.2. The van der Waals surface area contributed by atoms with Crippen molar-refractivity contribution in [1.29, 1.82) is 0 Å². The number of thiocarbonyl (C=S) groups is 2. The van der Waals surface area contributed by atoms with Crippen LogP contribution in [0.15, 0.2) is 0 Å². The van der Waals surface area contributed by atoms with Crippen molar-refractivity contribution < 1.29 is 0 Å². The van der Waals surface area contributed by atoms with Crippen LogP contribution < -0.4 is 5.73 Å². The van der Waals surface area contributed by atoms with E-state index in [9.17, 15) is 0 Å². The van der Waals surface area contributed by atoms with Crippen LogP contribution in [0.2, 0.25) is 0 Å². The molecule has 1 unspecified atom stereocenters. The molecule has 0 aromatic rings. The van der Waals surface area contributed by atoms with Gasteiger partial charge < -0.3 is 5.73 Å². The predicted molar refractivity (Wildman–Crippen MR) is 199 cm³/mol. The summed E-state index contributed by atoms with van der Waals surface area (Å²) in [5.41, 5.74) is 6.07. The Labute approximate surface area is 271 Å². The van der Waals surface area contributed by atoms with Gasteiger partial charge >= 0.3 is 0 Å². The molecule has 0 aliphatic rings. The SMILES string of the molecule is CCCCCCCCCCCCCCCC(=S)SCC(CN)SC(=S)CCCCCCCCCCCCCCC. The fraction of sp³-hybridized carbons (Fsp3) is 0.943. The van der Waals surface area contributed by atoms with Crippen molar-refractivity contribution in [2.24, 2.45) is 5.73 Å². The minimum absolute atomic E-state index is 0.407. The molecule has 0 aliphatic heterocycles. The van der Waals surface area contributed by atoms with Gasteiger partial charge in [0.15, 0.2) is 0 Å². The Morgan fingerprint density at radius 2 is 0.775 bits per heavy atom. The van der Waals surface area contributed by atoms with Crippen LogP contribution in [0, 0.1) is 0 Å². The highest BCUT2D eigenvalue weighted by Gasteiger charge is 2.12. The summed E-state index contributed by atoms with van der Waals surface area (Å²) >= 11 is 15.1. The summed E-state index contributed by atoms with van der Waals surface area (Å²) in [7, 11) is 0. The minimum atomic E-state index is 0.407. The van der Waals surface area contributed by atoms with Crippen molar-refractivity contribution in [3.05, 3.63) is 0 Å². The average molecular weight is 632 g/mol. The molecule has 0 aliphatic carbocycles. The van der Waals surface area contributed by atoms with Crippen LogP contribution in [0.25, 0.3) is 0 Å². The maximum absolute atomic E-state index is 6.07. The van der Waals surface area contributed by atoms with Gasteiger partial charge in [0.05, 0.1) is 0 Å². The zero-order chi connectivity index (χ0) is 29.4. The lowest BCUT2D eigenvalue weighted by atomic mass is 10.0. The van der Waals surface area contributed by atoms with Crippen molar-refractivity contribution in [3.63, 3.8) is 0 Å². The molecule has 0 bridgehead atoms. The summed E-state index contributed by atoms with van der Waals surface area (Å²) in [6.45, 7) is 5.28. The number of hydrogen-bond donors (Lipinski definition) is 1. The maximum Gasteiger partial charge on any atom is 0.0481 e. The second kappa shape index (κ2) is 34.3. The van der Waals surface area contributed by atoms with Crippen LogP contribution >= 0.6 is 48.0 Å². The van der Waals surface area contributed by atoms with Gasteiger partial charge in [-0.2, -0.15) is 0 Å². The Hall–Kier alpha value is 0.840. The van der Waals surface area contributed by atoms with Crippen LogP contribution in [-0.4, -0.2) is 25.9 Å². The first kappa shape index (κ1) is 40.8. The van der Waals surface area contributed by atoms with E-state index in [1.807, 2.05) is 23.5 Å². The number of hydrogen-bond acceptors (Lipinski definition) is 5. The first-order chi connectivity index (χ1) is 19.6. The Balaban J connectivity index is 3.53. The second-order valence-corrected chi connectivity index (χ2v) is 16.0. The smallest absolute Gasteiger partial charge is 0.0481 e. The Kier molecular flexibility index (Phi) is 35.1. The van der Waals surface area contributed by atoms with E-state index in [1.54, 1.807) is 0 Å². The molecule has 1 atom stereocenters. The Morgan fingerprint density at radius 3 is 1.10 bits per heavy atom. The first-order valence-electron chi connectivity index (χ1n) is 17.7. The fourth-order valence-corrected chi connectivity index (χ4v) is 8.13. The summed E-state index contributed by atoms with van der Waals surface area (Å²) in [6.07, 6.45) is 38.5. The third-order valence-corrected chi connectivity index (χ3v) is 11.5. The van der Waals surface area contributed by atoms with Gasteiger partial charge in [-0.15, -0.1) is 23.5 Å². The van der Waals surface area contributed by atoms with E-state index in [2.05, 4.69) is 13.8 Å². The van der Waals surface area contributed by atoms with Crippen LogP contribution in [0.4, 0.5) is 0 Å². The summed E-state index contributed by atoms with van der Waals surface area (Å²) < 4.78 is 2.33. The quantitative estimate of drug-likeness (QED) is 0.0588. The number of thioether (sulfide) groups is 2. The van der Waals surface area contributed by atoms with E-state index in [0.717, 1.165) is 22.8 Å². The van der Waals surface area contributed by atoms with Crippen LogP contribution in [0.5, 0.6) is 0 Å². The van der Waals surface area contributed by atoms with E-state index in [4.69, 9.17) is 30.2 Å². The number of nitrogens with two attached hydrogens (primary N) is 1. The van der Waals surface area contributed by atoms with Crippen molar-refractivity contribution in [2.75, 3.05) is 12.3 Å². The van der Waals surface area contributed by atoms with Gasteiger partial charge in [-0.1, -0.05) is 192 Å². The summed E-state index contributed by atoms with van der Waals surface area (Å²) in [6, 6.07) is 0. The molecule has 238 valence electrons. The molecule has 0 spiro atoms. The third kappa shape index (κ3) is 31.8. The molecule has 0 aromatic heterocycles. The molecule has 0 aromatic carbocycles. The maximum atomic E-state index is 6.07. The van der Waals surface area contributed by atoms with E-state index < -0.39 is 0 Å². The molecule has 40 heavy (non-hydrogen) atoms. The van der Waals surface area contributed by atoms with Gasteiger partial charge in [-0.25, -0.2) is 0 Å².